The molecule has 0 saturated carbocycles. The minimum atomic E-state index is -4.35. The van der Waals surface area contributed by atoms with Crippen molar-refractivity contribution in [1.82, 2.24) is 4.90 Å². The second-order valence-electron chi connectivity index (χ2n) is 8.15. The third-order valence-electron chi connectivity index (χ3n) is 4.59. The van der Waals surface area contributed by atoms with Crippen molar-refractivity contribution in [2.24, 2.45) is 11.3 Å². The van der Waals surface area contributed by atoms with E-state index in [1.807, 2.05) is 0 Å². The lowest BCUT2D eigenvalue weighted by Crippen LogP contribution is -2.41. The van der Waals surface area contributed by atoms with Crippen molar-refractivity contribution >= 4 is 5.97 Å². The topological polar surface area (TPSA) is 40.5 Å². The van der Waals surface area contributed by atoms with Crippen LogP contribution in [0.5, 0.6) is 0 Å². The first-order chi connectivity index (χ1) is 11.5. The highest BCUT2D eigenvalue weighted by molar-refractivity contribution is 5.67. The van der Waals surface area contributed by atoms with Crippen LogP contribution >= 0.6 is 0 Å². The molecule has 1 aliphatic rings. The van der Waals surface area contributed by atoms with Crippen LogP contribution in [0, 0.1) is 11.3 Å². The summed E-state index contributed by atoms with van der Waals surface area (Å²) in [6.45, 7) is 7.96. The van der Waals surface area contributed by atoms with Crippen LogP contribution < -0.4 is 0 Å². The molecule has 2 rings (SSSR count). The first-order valence-electron chi connectivity index (χ1n) is 8.59. The maximum atomic E-state index is 12.8. The van der Waals surface area contributed by atoms with E-state index in [-0.39, 0.29) is 23.8 Å². The van der Waals surface area contributed by atoms with Crippen molar-refractivity contribution in [3.63, 3.8) is 0 Å². The van der Waals surface area contributed by atoms with Gasteiger partial charge in [-0.05, 0) is 48.4 Å². The molecule has 0 aromatic heterocycles. The molecule has 2 atom stereocenters. The zero-order valence-corrected chi connectivity index (χ0v) is 14.9. The summed E-state index contributed by atoms with van der Waals surface area (Å²) in [4.78, 5) is 13.3. The molecule has 0 spiro atoms. The number of likely N-dealkylation sites (tertiary alicyclic amines) is 1. The molecule has 1 unspecified atom stereocenters. The van der Waals surface area contributed by atoms with Crippen LogP contribution in [0.25, 0.3) is 0 Å². The molecule has 1 N–H and O–H groups in total. The summed E-state index contributed by atoms with van der Waals surface area (Å²) in [5, 5.41) is 9.06. The molecule has 1 aromatic rings. The van der Waals surface area contributed by atoms with Crippen LogP contribution in [0.3, 0.4) is 0 Å². The minimum absolute atomic E-state index is 0.0420. The van der Waals surface area contributed by atoms with Crippen LogP contribution in [0.4, 0.5) is 13.2 Å². The Morgan fingerprint density at radius 3 is 2.28 bits per heavy atom. The number of carboxylic acid groups (broad SMARTS) is 1. The van der Waals surface area contributed by atoms with Gasteiger partial charge >= 0.3 is 12.1 Å². The Balaban J connectivity index is 2.24. The molecular formula is C19H26F3NO2. The lowest BCUT2D eigenvalue weighted by Gasteiger charge is -2.42. The van der Waals surface area contributed by atoms with Crippen LogP contribution in [0.15, 0.2) is 24.3 Å². The van der Waals surface area contributed by atoms with Crippen molar-refractivity contribution in [2.45, 2.75) is 52.3 Å². The van der Waals surface area contributed by atoms with Gasteiger partial charge in [-0.15, -0.1) is 0 Å². The highest BCUT2D eigenvalue weighted by Gasteiger charge is 2.34. The molecule has 1 aromatic carbocycles. The van der Waals surface area contributed by atoms with Gasteiger partial charge in [0.25, 0.3) is 0 Å². The SMILES string of the molecule is CC(C)(C)CN1CCC(CC(=O)O)C[C@H]1c1ccc(C(F)(F)F)cc1. The molecular weight excluding hydrogens is 331 g/mol. The Morgan fingerprint density at radius 1 is 1.20 bits per heavy atom. The van der Waals surface area contributed by atoms with Gasteiger partial charge < -0.3 is 5.11 Å². The van der Waals surface area contributed by atoms with Crippen LogP contribution in [0.1, 0.15) is 57.2 Å². The van der Waals surface area contributed by atoms with E-state index in [9.17, 15) is 18.0 Å². The number of alkyl halides is 3. The molecule has 3 nitrogen and oxygen atoms in total. The highest BCUT2D eigenvalue weighted by Crippen LogP contribution is 2.38. The summed E-state index contributed by atoms with van der Waals surface area (Å²) in [6, 6.07) is 5.26. The normalized spacial score (nSPS) is 22.8. The summed E-state index contributed by atoms with van der Waals surface area (Å²) >= 11 is 0. The van der Waals surface area contributed by atoms with Gasteiger partial charge in [-0.2, -0.15) is 13.2 Å². The quantitative estimate of drug-likeness (QED) is 0.826. The lowest BCUT2D eigenvalue weighted by atomic mass is 9.83. The van der Waals surface area contributed by atoms with Crippen molar-refractivity contribution in [1.29, 1.82) is 0 Å². The number of halogens is 3. The number of aliphatic carboxylic acids is 1. The summed E-state index contributed by atoms with van der Waals surface area (Å²) in [5.74, 6) is -0.763. The Morgan fingerprint density at radius 2 is 1.80 bits per heavy atom. The summed E-state index contributed by atoms with van der Waals surface area (Å²) in [5.41, 5.74) is 0.230. The molecule has 6 heteroatoms. The monoisotopic (exact) mass is 357 g/mol. The third-order valence-corrected chi connectivity index (χ3v) is 4.59. The Labute approximate surface area is 146 Å². The van der Waals surface area contributed by atoms with E-state index in [1.165, 1.54) is 12.1 Å². The number of nitrogens with zero attached hydrogens (tertiary/aromatic N) is 1. The van der Waals surface area contributed by atoms with Crippen LogP contribution in [-0.4, -0.2) is 29.1 Å². The fraction of sp³-hybridized carbons (Fsp3) is 0.632. The van der Waals surface area contributed by atoms with E-state index < -0.39 is 17.7 Å². The molecule has 1 fully saturated rings. The second-order valence-corrected chi connectivity index (χ2v) is 8.15. The summed E-state index contributed by atoms with van der Waals surface area (Å²) in [7, 11) is 0. The highest BCUT2D eigenvalue weighted by atomic mass is 19.4. The standard InChI is InChI=1S/C19H26F3NO2/c1-18(2,3)12-23-9-8-13(11-17(24)25)10-16(23)14-4-6-15(7-5-14)19(20,21)22/h4-7,13,16H,8-12H2,1-3H3,(H,24,25)/t13?,16-/m0/s1. The van der Waals surface area contributed by atoms with E-state index in [1.54, 1.807) is 0 Å². The van der Waals surface area contributed by atoms with Gasteiger partial charge in [0.05, 0.1) is 5.56 Å². The molecule has 0 aliphatic carbocycles. The molecule has 140 valence electrons. The van der Waals surface area contributed by atoms with Gasteiger partial charge in [-0.1, -0.05) is 32.9 Å². The molecule has 1 saturated heterocycles. The molecule has 1 aliphatic heterocycles. The summed E-state index contributed by atoms with van der Waals surface area (Å²) < 4.78 is 38.4. The molecule has 25 heavy (non-hydrogen) atoms. The van der Waals surface area contributed by atoms with E-state index in [0.29, 0.717) is 6.42 Å². The molecule has 0 bridgehead atoms. The van der Waals surface area contributed by atoms with Crippen molar-refractivity contribution in [2.75, 3.05) is 13.1 Å². The van der Waals surface area contributed by atoms with Crippen LogP contribution in [-0.2, 0) is 11.0 Å². The Bertz CT molecular complexity index is 590. The van der Waals surface area contributed by atoms with Gasteiger partial charge in [-0.3, -0.25) is 9.69 Å². The van der Waals surface area contributed by atoms with Gasteiger partial charge in [0, 0.05) is 19.0 Å². The van der Waals surface area contributed by atoms with E-state index in [2.05, 4.69) is 25.7 Å². The predicted molar refractivity (Wildman–Crippen MR) is 90.2 cm³/mol. The Kier molecular flexibility index (Phi) is 5.82. The van der Waals surface area contributed by atoms with E-state index >= 15 is 0 Å². The van der Waals surface area contributed by atoms with E-state index in [4.69, 9.17) is 5.11 Å². The third kappa shape index (κ3) is 5.73. The number of carboxylic acids is 1. The molecule has 1 heterocycles. The van der Waals surface area contributed by atoms with Crippen molar-refractivity contribution in [3.8, 4) is 0 Å². The summed E-state index contributed by atoms with van der Waals surface area (Å²) in [6.07, 6.45) is -2.77. The van der Waals surface area contributed by atoms with E-state index in [0.717, 1.165) is 37.2 Å². The molecule has 0 amide bonds. The van der Waals surface area contributed by atoms with Gasteiger partial charge in [0.1, 0.15) is 0 Å². The minimum Gasteiger partial charge on any atom is -0.481 e. The predicted octanol–water partition coefficient (Wildman–Crippen LogP) is 4.98. The maximum absolute atomic E-state index is 12.8. The largest absolute Gasteiger partial charge is 0.481 e. The number of rotatable bonds is 4. The van der Waals surface area contributed by atoms with Gasteiger partial charge in [0.2, 0.25) is 0 Å². The number of hydrogen-bond acceptors (Lipinski definition) is 2. The lowest BCUT2D eigenvalue weighted by molar-refractivity contribution is -0.139. The average Bonchev–Trinajstić information content (AvgIpc) is 2.46. The van der Waals surface area contributed by atoms with Crippen LogP contribution in [0.2, 0.25) is 0 Å². The zero-order chi connectivity index (χ0) is 18.8. The maximum Gasteiger partial charge on any atom is 0.416 e. The number of carbonyl (C=O) groups is 1. The fourth-order valence-corrected chi connectivity index (χ4v) is 3.56. The average molecular weight is 357 g/mol. The zero-order valence-electron chi connectivity index (χ0n) is 14.9. The number of hydrogen-bond donors (Lipinski definition) is 1. The number of piperidine rings is 1. The van der Waals surface area contributed by atoms with Crippen molar-refractivity contribution in [3.05, 3.63) is 35.4 Å². The van der Waals surface area contributed by atoms with Crippen molar-refractivity contribution < 1.29 is 23.1 Å². The fourth-order valence-electron chi connectivity index (χ4n) is 3.56. The second kappa shape index (κ2) is 7.36. The van der Waals surface area contributed by atoms with Gasteiger partial charge in [-0.25, -0.2) is 0 Å². The molecule has 0 radical (unpaired) electrons. The Hall–Kier alpha value is -1.56. The van der Waals surface area contributed by atoms with Gasteiger partial charge in [0.15, 0.2) is 0 Å². The number of benzene rings is 1. The first-order valence-corrected chi connectivity index (χ1v) is 8.59. The smallest absolute Gasteiger partial charge is 0.416 e. The first kappa shape index (κ1) is 19.8.